The van der Waals surface area contributed by atoms with Crippen molar-refractivity contribution in [2.45, 2.75) is 51.3 Å². The van der Waals surface area contributed by atoms with Gasteiger partial charge in [-0.1, -0.05) is 18.2 Å². The molecule has 0 radical (unpaired) electrons. The number of carbonyl (C=O) groups is 2. The van der Waals surface area contributed by atoms with Gasteiger partial charge in [0.25, 0.3) is 0 Å². The minimum atomic E-state index is -4.42. The molecule has 0 bridgehead atoms. The molecule has 1 aliphatic carbocycles. The summed E-state index contributed by atoms with van der Waals surface area (Å²) in [7, 11) is 0. The monoisotopic (exact) mass is 386 g/mol. The van der Waals surface area contributed by atoms with Gasteiger partial charge in [0.1, 0.15) is 5.60 Å². The van der Waals surface area contributed by atoms with E-state index in [-0.39, 0.29) is 11.5 Å². The number of nitrogens with one attached hydrogen (secondary N) is 2. The van der Waals surface area contributed by atoms with E-state index in [9.17, 15) is 22.8 Å². The average molecular weight is 386 g/mol. The van der Waals surface area contributed by atoms with E-state index in [0.717, 1.165) is 6.07 Å². The van der Waals surface area contributed by atoms with E-state index in [4.69, 9.17) is 4.74 Å². The van der Waals surface area contributed by atoms with E-state index < -0.39 is 35.3 Å². The van der Waals surface area contributed by atoms with Crippen LogP contribution in [-0.4, -0.2) is 30.7 Å². The van der Waals surface area contributed by atoms with Crippen molar-refractivity contribution in [3.8, 4) is 0 Å². The number of rotatable bonds is 6. The van der Waals surface area contributed by atoms with Crippen molar-refractivity contribution in [3.05, 3.63) is 35.4 Å². The molecule has 0 spiro atoms. The molecule has 1 fully saturated rings. The summed E-state index contributed by atoms with van der Waals surface area (Å²) in [5.41, 5.74) is -1.07. The second kappa shape index (κ2) is 8.19. The second-order valence-electron chi connectivity index (χ2n) is 7.61. The first-order chi connectivity index (χ1) is 12.5. The molecule has 2 unspecified atom stereocenters. The molecule has 5 nitrogen and oxygen atoms in total. The Hall–Kier alpha value is -2.25. The van der Waals surface area contributed by atoms with Crippen LogP contribution in [0.1, 0.15) is 50.7 Å². The third-order valence-electron chi connectivity index (χ3n) is 4.11. The topological polar surface area (TPSA) is 67.4 Å². The minimum absolute atomic E-state index is 0.178. The van der Waals surface area contributed by atoms with E-state index in [2.05, 4.69) is 10.6 Å². The first kappa shape index (κ1) is 21.1. The molecule has 0 heterocycles. The third-order valence-corrected chi connectivity index (χ3v) is 4.11. The summed E-state index contributed by atoms with van der Waals surface area (Å²) in [4.78, 5) is 23.6. The van der Waals surface area contributed by atoms with Crippen LogP contribution in [0.25, 0.3) is 0 Å². The molecule has 1 aliphatic rings. The second-order valence-corrected chi connectivity index (χ2v) is 7.61. The molecule has 0 aliphatic heterocycles. The SMILES string of the molecule is CC(C)(C)OC(=O)NCCCNC(=O)C1CC1c1ccccc1C(F)(F)F. The number of hydrogen-bond donors (Lipinski definition) is 2. The number of alkyl halides is 3. The van der Waals surface area contributed by atoms with Crippen LogP contribution in [0.15, 0.2) is 24.3 Å². The lowest BCUT2D eigenvalue weighted by Crippen LogP contribution is -2.34. The van der Waals surface area contributed by atoms with Crippen LogP contribution in [0, 0.1) is 5.92 Å². The van der Waals surface area contributed by atoms with Crippen molar-refractivity contribution in [2.75, 3.05) is 13.1 Å². The number of alkyl carbamates (subject to hydrolysis) is 1. The van der Waals surface area contributed by atoms with Gasteiger partial charge in [-0.2, -0.15) is 13.2 Å². The molecule has 0 saturated heterocycles. The summed E-state index contributed by atoms with van der Waals surface area (Å²) >= 11 is 0. The minimum Gasteiger partial charge on any atom is -0.444 e. The fourth-order valence-corrected chi connectivity index (χ4v) is 2.84. The molecule has 27 heavy (non-hydrogen) atoms. The molecular weight excluding hydrogens is 361 g/mol. The van der Waals surface area contributed by atoms with Gasteiger partial charge in [-0.25, -0.2) is 4.79 Å². The Kier molecular flexibility index (Phi) is 6.38. The van der Waals surface area contributed by atoms with E-state index in [1.807, 2.05) is 0 Å². The highest BCUT2D eigenvalue weighted by atomic mass is 19.4. The van der Waals surface area contributed by atoms with Gasteiger partial charge in [-0.05, 0) is 51.2 Å². The molecule has 1 saturated carbocycles. The molecule has 150 valence electrons. The fraction of sp³-hybridized carbons (Fsp3) is 0.579. The summed E-state index contributed by atoms with van der Waals surface area (Å²) in [6.45, 7) is 5.94. The molecule has 2 amide bonds. The van der Waals surface area contributed by atoms with Gasteiger partial charge >= 0.3 is 12.3 Å². The summed E-state index contributed by atoms with van der Waals surface area (Å²) in [5.74, 6) is -1.09. The highest BCUT2D eigenvalue weighted by Crippen LogP contribution is 2.50. The fourth-order valence-electron chi connectivity index (χ4n) is 2.84. The normalized spacial score (nSPS) is 19.3. The van der Waals surface area contributed by atoms with Crippen LogP contribution in [0.3, 0.4) is 0 Å². The molecule has 8 heteroatoms. The zero-order valence-corrected chi connectivity index (χ0v) is 15.7. The van der Waals surface area contributed by atoms with E-state index >= 15 is 0 Å². The van der Waals surface area contributed by atoms with Gasteiger partial charge in [0.2, 0.25) is 5.91 Å². The summed E-state index contributed by atoms with van der Waals surface area (Å²) < 4.78 is 44.3. The number of hydrogen-bond acceptors (Lipinski definition) is 3. The number of amides is 2. The summed E-state index contributed by atoms with van der Waals surface area (Å²) in [5, 5.41) is 5.29. The van der Waals surface area contributed by atoms with Crippen molar-refractivity contribution < 1.29 is 27.5 Å². The number of halogens is 3. The lowest BCUT2D eigenvalue weighted by atomic mass is 10.0. The highest BCUT2D eigenvalue weighted by Gasteiger charge is 2.47. The van der Waals surface area contributed by atoms with Crippen LogP contribution < -0.4 is 10.6 Å². The van der Waals surface area contributed by atoms with Crippen LogP contribution in [-0.2, 0) is 15.7 Å². The Bertz CT molecular complexity index is 684. The smallest absolute Gasteiger partial charge is 0.416 e. The first-order valence-electron chi connectivity index (χ1n) is 8.90. The lowest BCUT2D eigenvalue weighted by molar-refractivity contribution is -0.138. The predicted molar refractivity (Wildman–Crippen MR) is 94.2 cm³/mol. The van der Waals surface area contributed by atoms with Crippen LogP contribution >= 0.6 is 0 Å². The Morgan fingerprint density at radius 3 is 2.37 bits per heavy atom. The van der Waals surface area contributed by atoms with Gasteiger partial charge in [0, 0.05) is 19.0 Å². The number of ether oxygens (including phenoxy) is 1. The standard InChI is InChI=1S/C19H25F3N2O3/c1-18(2,3)27-17(26)24-10-6-9-23-16(25)14-11-13(14)12-7-4-5-8-15(12)19(20,21)22/h4-5,7-8,13-14H,6,9-11H2,1-3H3,(H,23,25)(H,24,26). The van der Waals surface area contributed by atoms with E-state index in [1.165, 1.54) is 12.1 Å². The average Bonchev–Trinajstić information content (AvgIpc) is 3.32. The highest BCUT2D eigenvalue weighted by molar-refractivity contribution is 5.83. The predicted octanol–water partition coefficient (Wildman–Crippen LogP) is 3.84. The first-order valence-corrected chi connectivity index (χ1v) is 8.90. The van der Waals surface area contributed by atoms with Gasteiger partial charge < -0.3 is 15.4 Å². The Morgan fingerprint density at radius 1 is 1.11 bits per heavy atom. The maximum atomic E-state index is 13.1. The Balaban J connectivity index is 1.73. The zero-order chi connectivity index (χ0) is 20.2. The lowest BCUT2D eigenvalue weighted by Gasteiger charge is -2.19. The molecule has 0 aromatic heterocycles. The summed E-state index contributed by atoms with van der Waals surface area (Å²) in [6, 6.07) is 5.39. The quantitative estimate of drug-likeness (QED) is 0.730. The maximum absolute atomic E-state index is 13.1. The van der Waals surface area contributed by atoms with Crippen LogP contribution in [0.4, 0.5) is 18.0 Å². The zero-order valence-electron chi connectivity index (χ0n) is 15.7. The Labute approximate surface area is 156 Å². The molecule has 2 atom stereocenters. The molecule has 2 rings (SSSR count). The van der Waals surface area contributed by atoms with Gasteiger partial charge in [0.15, 0.2) is 0 Å². The van der Waals surface area contributed by atoms with Crippen LogP contribution in [0.2, 0.25) is 0 Å². The maximum Gasteiger partial charge on any atom is 0.416 e. The number of carbonyl (C=O) groups excluding carboxylic acids is 2. The molecule has 2 N–H and O–H groups in total. The van der Waals surface area contributed by atoms with Gasteiger partial charge in [-0.3, -0.25) is 4.79 Å². The molecule has 1 aromatic carbocycles. The van der Waals surface area contributed by atoms with Gasteiger partial charge in [0.05, 0.1) is 5.56 Å². The Morgan fingerprint density at radius 2 is 1.74 bits per heavy atom. The van der Waals surface area contributed by atoms with Crippen molar-refractivity contribution in [1.82, 2.24) is 10.6 Å². The summed E-state index contributed by atoms with van der Waals surface area (Å²) in [6.07, 6.45) is -4.04. The number of benzene rings is 1. The molecule has 1 aromatic rings. The largest absolute Gasteiger partial charge is 0.444 e. The van der Waals surface area contributed by atoms with E-state index in [1.54, 1.807) is 26.8 Å². The van der Waals surface area contributed by atoms with Crippen molar-refractivity contribution >= 4 is 12.0 Å². The van der Waals surface area contributed by atoms with Crippen LogP contribution in [0.5, 0.6) is 0 Å². The third kappa shape index (κ3) is 6.45. The van der Waals surface area contributed by atoms with Crippen molar-refractivity contribution in [1.29, 1.82) is 0 Å². The van der Waals surface area contributed by atoms with E-state index in [0.29, 0.717) is 25.9 Å². The van der Waals surface area contributed by atoms with Crippen molar-refractivity contribution in [3.63, 3.8) is 0 Å². The van der Waals surface area contributed by atoms with Gasteiger partial charge in [-0.15, -0.1) is 0 Å². The van der Waals surface area contributed by atoms with Crippen molar-refractivity contribution in [2.24, 2.45) is 5.92 Å². The molecular formula is C19H25F3N2O3.